The molecule has 10 heteroatoms. The lowest BCUT2D eigenvalue weighted by atomic mass is 9.92. The first-order valence-electron chi connectivity index (χ1n) is 9.63. The van der Waals surface area contributed by atoms with Crippen molar-refractivity contribution in [2.45, 2.75) is 30.1 Å². The second kappa shape index (κ2) is 7.33. The van der Waals surface area contributed by atoms with Crippen molar-refractivity contribution in [3.63, 3.8) is 0 Å². The number of benzene rings is 1. The Morgan fingerprint density at radius 3 is 2.80 bits per heavy atom. The smallest absolute Gasteiger partial charge is 0.243 e. The number of hydrogen-bond donors (Lipinski definition) is 0. The second-order valence-corrected chi connectivity index (χ2v) is 10.9. The Bertz CT molecular complexity index is 1170. The van der Waals surface area contributed by atoms with E-state index in [0.717, 1.165) is 19.3 Å². The van der Waals surface area contributed by atoms with Crippen LogP contribution in [-0.2, 0) is 10.0 Å². The fourth-order valence-electron chi connectivity index (χ4n) is 4.31. The molecule has 158 valence electrons. The van der Waals surface area contributed by atoms with Crippen LogP contribution in [0.1, 0.15) is 31.1 Å². The van der Waals surface area contributed by atoms with Crippen LogP contribution >= 0.6 is 22.9 Å². The number of aromatic nitrogens is 2. The van der Waals surface area contributed by atoms with E-state index in [9.17, 15) is 8.42 Å². The Kier molecular flexibility index (Phi) is 4.89. The number of nitrogens with zero attached hydrogens (tertiary/aromatic N) is 3. The van der Waals surface area contributed by atoms with Crippen LogP contribution in [0.3, 0.4) is 0 Å². The number of sulfonamides is 1. The molecule has 1 saturated heterocycles. The molecule has 1 spiro atoms. The van der Waals surface area contributed by atoms with Gasteiger partial charge in [0.05, 0.1) is 17.6 Å². The Balaban J connectivity index is 1.30. The molecule has 7 nitrogen and oxygen atoms in total. The van der Waals surface area contributed by atoms with Gasteiger partial charge in [-0.15, -0.1) is 0 Å². The lowest BCUT2D eigenvalue weighted by Crippen LogP contribution is -2.39. The summed E-state index contributed by atoms with van der Waals surface area (Å²) in [6, 6.07) is 6.94. The summed E-state index contributed by atoms with van der Waals surface area (Å²) in [4.78, 5) is 4.99. The number of methoxy groups -OCH3 is 1. The van der Waals surface area contributed by atoms with Crippen LogP contribution in [0, 0.1) is 5.41 Å². The summed E-state index contributed by atoms with van der Waals surface area (Å²) < 4.78 is 38.0. The Labute approximate surface area is 183 Å². The van der Waals surface area contributed by atoms with Gasteiger partial charge in [-0.1, -0.05) is 16.8 Å². The first kappa shape index (κ1) is 20.0. The molecule has 1 aliphatic heterocycles. The maximum Gasteiger partial charge on any atom is 0.243 e. The summed E-state index contributed by atoms with van der Waals surface area (Å²) in [5, 5.41) is 8.18. The van der Waals surface area contributed by atoms with Gasteiger partial charge in [-0.25, -0.2) is 8.42 Å². The van der Waals surface area contributed by atoms with E-state index in [4.69, 9.17) is 20.9 Å². The summed E-state index contributed by atoms with van der Waals surface area (Å²) in [6.45, 7) is 1.02. The Morgan fingerprint density at radius 2 is 2.10 bits per heavy atom. The quantitative estimate of drug-likeness (QED) is 0.554. The average molecular weight is 466 g/mol. The van der Waals surface area contributed by atoms with Crippen molar-refractivity contribution >= 4 is 33.0 Å². The van der Waals surface area contributed by atoms with Crippen molar-refractivity contribution in [1.82, 2.24) is 14.4 Å². The third-order valence-corrected chi connectivity index (χ3v) is 9.15. The molecule has 0 bridgehead atoms. The molecule has 2 aliphatic rings. The average Bonchev–Trinajstić information content (AvgIpc) is 3.17. The van der Waals surface area contributed by atoms with Gasteiger partial charge in [0, 0.05) is 29.4 Å². The number of ether oxygens (including phenoxy) is 1. The standard InChI is InChI=1S/C20H20ClN3O4S2/c1-27-17-3-2-13(21)10-15(17)18-22-19(28-23-18)16-11-20(16)5-7-24(8-6-20)30(25,26)14-4-9-29-12-14/h2-4,9-10,12,16H,5-8,11H2,1H3. The third-order valence-electron chi connectivity index (χ3n) is 6.18. The molecule has 0 radical (unpaired) electrons. The van der Waals surface area contributed by atoms with Crippen LogP contribution in [0.25, 0.3) is 11.4 Å². The molecule has 1 saturated carbocycles. The van der Waals surface area contributed by atoms with Crippen molar-refractivity contribution in [3.05, 3.63) is 45.9 Å². The highest BCUT2D eigenvalue weighted by Crippen LogP contribution is 2.64. The van der Waals surface area contributed by atoms with Crippen LogP contribution in [0.4, 0.5) is 0 Å². The van der Waals surface area contributed by atoms with Crippen molar-refractivity contribution in [3.8, 4) is 17.1 Å². The Morgan fingerprint density at radius 1 is 1.30 bits per heavy atom. The van der Waals surface area contributed by atoms with Gasteiger partial charge >= 0.3 is 0 Å². The number of thiophene rings is 1. The molecule has 3 heterocycles. The van der Waals surface area contributed by atoms with Crippen LogP contribution < -0.4 is 4.74 Å². The van der Waals surface area contributed by atoms with Gasteiger partial charge in [-0.05, 0) is 54.3 Å². The van der Waals surface area contributed by atoms with E-state index < -0.39 is 10.0 Å². The first-order chi connectivity index (χ1) is 14.4. The van der Waals surface area contributed by atoms with Gasteiger partial charge in [-0.2, -0.15) is 20.6 Å². The fourth-order valence-corrected chi connectivity index (χ4v) is 6.94. The highest BCUT2D eigenvalue weighted by molar-refractivity contribution is 7.89. The second-order valence-electron chi connectivity index (χ2n) is 7.78. The number of halogens is 1. The third kappa shape index (κ3) is 3.33. The predicted molar refractivity (Wildman–Crippen MR) is 113 cm³/mol. The van der Waals surface area contributed by atoms with Crippen molar-refractivity contribution in [2.75, 3.05) is 20.2 Å². The van der Waals surface area contributed by atoms with E-state index in [-0.39, 0.29) is 11.3 Å². The van der Waals surface area contributed by atoms with E-state index in [0.29, 0.717) is 46.0 Å². The molecule has 2 fully saturated rings. The zero-order valence-electron chi connectivity index (χ0n) is 16.2. The van der Waals surface area contributed by atoms with Crippen LogP contribution in [0.15, 0.2) is 44.4 Å². The molecule has 1 atom stereocenters. The maximum atomic E-state index is 12.7. The van der Waals surface area contributed by atoms with Gasteiger partial charge in [0.25, 0.3) is 0 Å². The highest BCUT2D eigenvalue weighted by atomic mass is 35.5. The molecular formula is C20H20ClN3O4S2. The maximum absolute atomic E-state index is 12.7. The summed E-state index contributed by atoms with van der Waals surface area (Å²) in [6.07, 6.45) is 2.52. The molecule has 3 aromatic rings. The van der Waals surface area contributed by atoms with Gasteiger partial charge in [0.1, 0.15) is 5.75 Å². The van der Waals surface area contributed by atoms with Crippen LogP contribution in [0.2, 0.25) is 5.02 Å². The predicted octanol–water partition coefficient (Wildman–Crippen LogP) is 4.42. The molecule has 0 N–H and O–H groups in total. The van der Waals surface area contributed by atoms with Crippen molar-refractivity contribution in [1.29, 1.82) is 0 Å². The molecule has 1 unspecified atom stereocenters. The summed E-state index contributed by atoms with van der Waals surface area (Å²) >= 11 is 7.51. The molecule has 0 amide bonds. The lowest BCUT2D eigenvalue weighted by molar-refractivity contribution is 0.242. The summed E-state index contributed by atoms with van der Waals surface area (Å²) in [5.74, 6) is 1.84. The van der Waals surface area contributed by atoms with E-state index in [2.05, 4.69) is 10.1 Å². The summed E-state index contributed by atoms with van der Waals surface area (Å²) in [5.41, 5.74) is 0.731. The van der Waals surface area contributed by atoms with Crippen LogP contribution in [-0.4, -0.2) is 43.1 Å². The van der Waals surface area contributed by atoms with Gasteiger partial charge in [0.2, 0.25) is 21.7 Å². The highest BCUT2D eigenvalue weighted by Gasteiger charge is 2.59. The van der Waals surface area contributed by atoms with Crippen molar-refractivity contribution < 1.29 is 17.7 Å². The topological polar surface area (TPSA) is 85.5 Å². The van der Waals surface area contributed by atoms with Crippen molar-refractivity contribution in [2.24, 2.45) is 5.41 Å². The largest absolute Gasteiger partial charge is 0.496 e. The SMILES string of the molecule is COc1ccc(Cl)cc1-c1noc(C2CC23CCN(S(=O)(=O)c2ccsc2)CC3)n1. The number of hydrogen-bond acceptors (Lipinski definition) is 7. The fraction of sp³-hybridized carbons (Fsp3) is 0.400. The lowest BCUT2D eigenvalue weighted by Gasteiger charge is -2.31. The van der Waals surface area contributed by atoms with E-state index in [1.54, 1.807) is 46.4 Å². The minimum Gasteiger partial charge on any atom is -0.496 e. The number of rotatable bonds is 5. The first-order valence-corrected chi connectivity index (χ1v) is 12.4. The molecule has 5 rings (SSSR count). The van der Waals surface area contributed by atoms with E-state index in [1.165, 1.54) is 11.3 Å². The van der Waals surface area contributed by atoms with Gasteiger partial charge in [-0.3, -0.25) is 0 Å². The zero-order valence-corrected chi connectivity index (χ0v) is 18.6. The minimum absolute atomic E-state index is 0.0445. The molecule has 2 aromatic heterocycles. The Hall–Kier alpha value is -1.94. The zero-order chi connectivity index (χ0) is 20.9. The van der Waals surface area contributed by atoms with Gasteiger partial charge < -0.3 is 9.26 Å². The van der Waals surface area contributed by atoms with Crippen LogP contribution in [0.5, 0.6) is 5.75 Å². The van der Waals surface area contributed by atoms with Gasteiger partial charge in [0.15, 0.2) is 0 Å². The molecule has 1 aliphatic carbocycles. The molecule has 1 aromatic carbocycles. The number of piperidine rings is 1. The normalized spacial score (nSPS) is 21.1. The van der Waals surface area contributed by atoms with E-state index >= 15 is 0 Å². The monoisotopic (exact) mass is 465 g/mol. The van der Waals surface area contributed by atoms with E-state index in [1.807, 2.05) is 0 Å². The summed E-state index contributed by atoms with van der Waals surface area (Å²) in [7, 11) is -1.82. The molecular weight excluding hydrogens is 446 g/mol. The molecule has 30 heavy (non-hydrogen) atoms. The minimum atomic E-state index is -3.40.